The fraction of sp³-hybridized carbons (Fsp3) is 0.391. The topological polar surface area (TPSA) is 81.8 Å². The van der Waals surface area contributed by atoms with Crippen LogP contribution >= 0.6 is 0 Å². The summed E-state index contributed by atoms with van der Waals surface area (Å²) >= 11 is 0. The molecule has 8 nitrogen and oxygen atoms in total. The SMILES string of the molecule is CCOC(c1ccncc1N1CCCC1)n1c(C)c(O)n(-c2ccc(OC(F)(F)F)cc2)c1=O. The highest BCUT2D eigenvalue weighted by Crippen LogP contribution is 2.33. The largest absolute Gasteiger partial charge is 0.573 e. The molecule has 1 atom stereocenters. The van der Waals surface area contributed by atoms with Gasteiger partial charge in [0.2, 0.25) is 5.88 Å². The summed E-state index contributed by atoms with van der Waals surface area (Å²) in [4.78, 5) is 19.9. The predicted molar refractivity (Wildman–Crippen MR) is 119 cm³/mol. The second-order valence-electron chi connectivity index (χ2n) is 7.88. The van der Waals surface area contributed by atoms with Crippen molar-refractivity contribution in [2.75, 3.05) is 24.6 Å². The summed E-state index contributed by atoms with van der Waals surface area (Å²) in [6.07, 6.45) is -0.199. The summed E-state index contributed by atoms with van der Waals surface area (Å²) < 4.78 is 49.7. The summed E-state index contributed by atoms with van der Waals surface area (Å²) in [5.74, 6) is -0.768. The molecule has 1 aliphatic heterocycles. The van der Waals surface area contributed by atoms with Crippen LogP contribution in [0.25, 0.3) is 5.69 Å². The number of ether oxygens (including phenoxy) is 2. The minimum Gasteiger partial charge on any atom is -0.493 e. The van der Waals surface area contributed by atoms with Gasteiger partial charge in [-0.2, -0.15) is 0 Å². The van der Waals surface area contributed by atoms with Crippen LogP contribution < -0.4 is 15.3 Å². The Morgan fingerprint density at radius 1 is 1.15 bits per heavy atom. The van der Waals surface area contributed by atoms with Crippen LogP contribution in [0.15, 0.2) is 47.5 Å². The quantitative estimate of drug-likeness (QED) is 0.550. The Balaban J connectivity index is 1.78. The van der Waals surface area contributed by atoms with Gasteiger partial charge in [0.15, 0.2) is 6.23 Å². The van der Waals surface area contributed by atoms with E-state index in [2.05, 4.69) is 14.6 Å². The molecule has 11 heteroatoms. The molecule has 2 aromatic heterocycles. The third-order valence-corrected chi connectivity index (χ3v) is 5.73. The van der Waals surface area contributed by atoms with E-state index >= 15 is 0 Å². The van der Waals surface area contributed by atoms with E-state index in [4.69, 9.17) is 4.74 Å². The zero-order chi connectivity index (χ0) is 24.5. The average molecular weight is 478 g/mol. The number of aromatic hydroxyl groups is 1. The van der Waals surface area contributed by atoms with Crippen LogP contribution in [0.2, 0.25) is 0 Å². The number of imidazole rings is 1. The lowest BCUT2D eigenvalue weighted by Gasteiger charge is -2.26. The monoisotopic (exact) mass is 478 g/mol. The molecule has 0 aliphatic carbocycles. The van der Waals surface area contributed by atoms with Gasteiger partial charge in [0.1, 0.15) is 5.75 Å². The Labute approximate surface area is 193 Å². The van der Waals surface area contributed by atoms with Crippen LogP contribution in [-0.4, -0.2) is 45.3 Å². The normalized spacial score (nSPS) is 15.0. The van der Waals surface area contributed by atoms with Crippen molar-refractivity contribution in [1.82, 2.24) is 14.1 Å². The average Bonchev–Trinajstić information content (AvgIpc) is 3.40. The van der Waals surface area contributed by atoms with E-state index in [1.54, 1.807) is 32.3 Å². The number of hydrogen-bond donors (Lipinski definition) is 1. The van der Waals surface area contributed by atoms with Gasteiger partial charge in [0, 0.05) is 31.5 Å². The van der Waals surface area contributed by atoms with Gasteiger partial charge >= 0.3 is 12.1 Å². The highest BCUT2D eigenvalue weighted by Gasteiger charge is 2.31. The number of benzene rings is 1. The Kier molecular flexibility index (Phi) is 6.56. The van der Waals surface area contributed by atoms with Gasteiger partial charge in [0.05, 0.1) is 23.3 Å². The minimum absolute atomic E-state index is 0.184. The molecule has 1 unspecified atom stereocenters. The minimum atomic E-state index is -4.83. The molecular weight excluding hydrogens is 453 g/mol. The van der Waals surface area contributed by atoms with E-state index in [1.807, 2.05) is 0 Å². The van der Waals surface area contributed by atoms with E-state index in [9.17, 15) is 23.1 Å². The van der Waals surface area contributed by atoms with E-state index in [0.717, 1.165) is 53.9 Å². The van der Waals surface area contributed by atoms with Crippen molar-refractivity contribution in [2.24, 2.45) is 0 Å². The van der Waals surface area contributed by atoms with Crippen LogP contribution in [0, 0.1) is 6.92 Å². The third kappa shape index (κ3) is 4.60. The number of alkyl halides is 3. The summed E-state index contributed by atoms with van der Waals surface area (Å²) in [6, 6.07) is 6.48. The first-order valence-corrected chi connectivity index (χ1v) is 10.9. The first-order chi connectivity index (χ1) is 16.2. The van der Waals surface area contributed by atoms with E-state index in [1.165, 1.54) is 16.7 Å². The first kappa shape index (κ1) is 23.7. The van der Waals surface area contributed by atoms with Gasteiger partial charge in [-0.25, -0.2) is 9.36 Å². The highest BCUT2D eigenvalue weighted by atomic mass is 19.4. The molecule has 1 aliphatic rings. The summed E-state index contributed by atoms with van der Waals surface area (Å²) in [6.45, 7) is 5.42. The van der Waals surface area contributed by atoms with Gasteiger partial charge in [-0.3, -0.25) is 9.55 Å². The molecule has 1 fully saturated rings. The number of halogens is 3. The van der Waals surface area contributed by atoms with Crippen LogP contribution in [0.4, 0.5) is 18.9 Å². The Hall–Kier alpha value is -3.47. The number of anilines is 1. The molecule has 3 heterocycles. The number of rotatable bonds is 7. The Morgan fingerprint density at radius 3 is 2.44 bits per heavy atom. The fourth-order valence-corrected chi connectivity index (χ4v) is 4.21. The molecular formula is C23H25F3N4O4. The fourth-order valence-electron chi connectivity index (χ4n) is 4.21. The molecule has 34 heavy (non-hydrogen) atoms. The molecule has 0 bridgehead atoms. The molecule has 3 aromatic rings. The van der Waals surface area contributed by atoms with Crippen molar-refractivity contribution in [3.8, 4) is 17.3 Å². The molecule has 1 aromatic carbocycles. The maximum absolute atomic E-state index is 13.5. The zero-order valence-corrected chi connectivity index (χ0v) is 18.7. The maximum atomic E-state index is 13.5. The van der Waals surface area contributed by atoms with Crippen molar-refractivity contribution in [1.29, 1.82) is 0 Å². The number of nitrogens with zero attached hydrogens (tertiary/aromatic N) is 4. The Morgan fingerprint density at radius 2 is 1.82 bits per heavy atom. The molecule has 0 spiro atoms. The lowest BCUT2D eigenvalue weighted by Crippen LogP contribution is -2.31. The second kappa shape index (κ2) is 9.41. The standard InChI is InChI=1S/C23H25F3N4O4/c1-3-33-21(18-10-11-27-14-19(18)28-12-4-5-13-28)29-15(2)20(31)30(22(29)32)16-6-8-17(9-7-16)34-23(24,25)26/h6-11,14,21,31H,3-5,12-13H2,1-2H3. The van der Waals surface area contributed by atoms with Crippen molar-refractivity contribution in [2.45, 2.75) is 39.3 Å². The Bertz CT molecular complexity index is 1200. The summed E-state index contributed by atoms with van der Waals surface area (Å²) in [5, 5.41) is 10.8. The van der Waals surface area contributed by atoms with Crippen molar-refractivity contribution >= 4 is 5.69 Å². The summed E-state index contributed by atoms with van der Waals surface area (Å²) in [7, 11) is 0. The summed E-state index contributed by atoms with van der Waals surface area (Å²) in [5.41, 5.74) is 1.43. The predicted octanol–water partition coefficient (Wildman–Crippen LogP) is 4.13. The van der Waals surface area contributed by atoms with Gasteiger partial charge in [-0.15, -0.1) is 13.2 Å². The highest BCUT2D eigenvalue weighted by molar-refractivity contribution is 5.54. The second-order valence-corrected chi connectivity index (χ2v) is 7.88. The molecule has 0 amide bonds. The van der Waals surface area contributed by atoms with Gasteiger partial charge < -0.3 is 19.5 Å². The van der Waals surface area contributed by atoms with Crippen LogP contribution in [0.3, 0.4) is 0 Å². The van der Waals surface area contributed by atoms with Crippen LogP contribution in [0.1, 0.15) is 37.3 Å². The molecule has 1 N–H and O–H groups in total. The first-order valence-electron chi connectivity index (χ1n) is 10.9. The van der Waals surface area contributed by atoms with Crippen molar-refractivity contribution in [3.63, 3.8) is 0 Å². The molecule has 0 radical (unpaired) electrons. The molecule has 1 saturated heterocycles. The molecule has 0 saturated carbocycles. The van der Waals surface area contributed by atoms with Crippen molar-refractivity contribution in [3.05, 3.63) is 64.5 Å². The van der Waals surface area contributed by atoms with E-state index in [-0.39, 0.29) is 17.3 Å². The third-order valence-electron chi connectivity index (χ3n) is 5.73. The zero-order valence-electron chi connectivity index (χ0n) is 18.7. The molecule has 4 rings (SSSR count). The van der Waals surface area contributed by atoms with Crippen LogP contribution in [0.5, 0.6) is 11.6 Å². The van der Waals surface area contributed by atoms with Gasteiger partial charge in [-0.05, 0) is 57.0 Å². The smallest absolute Gasteiger partial charge is 0.493 e. The lowest BCUT2D eigenvalue weighted by molar-refractivity contribution is -0.274. The molecule has 182 valence electrons. The number of hydrogen-bond acceptors (Lipinski definition) is 6. The number of pyridine rings is 1. The van der Waals surface area contributed by atoms with Crippen molar-refractivity contribution < 1.29 is 27.8 Å². The lowest BCUT2D eigenvalue weighted by atomic mass is 10.1. The van der Waals surface area contributed by atoms with E-state index < -0.39 is 24.0 Å². The van der Waals surface area contributed by atoms with Gasteiger partial charge in [0.25, 0.3) is 0 Å². The maximum Gasteiger partial charge on any atom is 0.573 e. The van der Waals surface area contributed by atoms with Gasteiger partial charge in [-0.1, -0.05) is 0 Å². The number of aromatic nitrogens is 3. The van der Waals surface area contributed by atoms with Crippen LogP contribution in [-0.2, 0) is 4.74 Å². The van der Waals surface area contributed by atoms with E-state index in [0.29, 0.717) is 6.61 Å².